The Morgan fingerprint density at radius 2 is 2.00 bits per heavy atom. The highest BCUT2D eigenvalue weighted by Crippen LogP contribution is 2.23. The fourth-order valence-corrected chi connectivity index (χ4v) is 2.08. The zero-order chi connectivity index (χ0) is 11.8. The molecule has 0 unspecified atom stereocenters. The largest absolute Gasteiger partial charge is 0.469 e. The van der Waals surface area contributed by atoms with Gasteiger partial charge in [-0.1, -0.05) is 13.8 Å². The van der Waals surface area contributed by atoms with Crippen molar-refractivity contribution in [2.24, 2.45) is 0 Å². The number of ether oxygens (including phenoxy) is 1. The van der Waals surface area contributed by atoms with Crippen LogP contribution in [0.1, 0.15) is 29.9 Å². The molecule has 0 spiro atoms. The summed E-state index contributed by atoms with van der Waals surface area (Å²) in [6, 6.07) is 3.45. The quantitative estimate of drug-likeness (QED) is 0.488. The predicted octanol–water partition coefficient (Wildman–Crippen LogP) is 3.28. The summed E-state index contributed by atoms with van der Waals surface area (Å²) in [6.45, 7) is 4.00. The van der Waals surface area contributed by atoms with E-state index in [1.54, 1.807) is 12.1 Å². The highest BCUT2D eigenvalue weighted by molar-refractivity contribution is 9.11. The maximum atomic E-state index is 11.3. The maximum Gasteiger partial charge on any atom is 0.313 e. The molecule has 0 aliphatic carbocycles. The SMILES string of the molecule is CC.COC(=O)CC(=O)c1ccc(Br)s1. The zero-order valence-corrected chi connectivity index (χ0v) is 11.3. The van der Waals surface area contributed by atoms with E-state index in [0.717, 1.165) is 3.79 Å². The maximum absolute atomic E-state index is 11.3. The molecular weight excluding hydrogens is 280 g/mol. The van der Waals surface area contributed by atoms with Crippen LogP contribution >= 0.6 is 27.3 Å². The first-order chi connectivity index (χ1) is 7.13. The molecule has 0 bridgehead atoms. The first-order valence-electron chi connectivity index (χ1n) is 4.49. The van der Waals surface area contributed by atoms with E-state index in [4.69, 9.17) is 0 Å². The third kappa shape index (κ3) is 5.09. The summed E-state index contributed by atoms with van der Waals surface area (Å²) < 4.78 is 5.26. The van der Waals surface area contributed by atoms with Gasteiger partial charge in [0.15, 0.2) is 5.78 Å². The molecule has 0 amide bonds. The van der Waals surface area contributed by atoms with E-state index in [-0.39, 0.29) is 12.2 Å². The second-order valence-corrected chi connectivity index (χ2v) is 4.74. The van der Waals surface area contributed by atoms with E-state index < -0.39 is 5.97 Å². The molecule has 1 aromatic heterocycles. The zero-order valence-electron chi connectivity index (χ0n) is 8.87. The first-order valence-corrected chi connectivity index (χ1v) is 6.10. The number of halogens is 1. The molecule has 84 valence electrons. The third-order valence-corrected chi connectivity index (χ3v) is 3.05. The van der Waals surface area contributed by atoms with Crippen LogP contribution in [0, 0.1) is 0 Å². The van der Waals surface area contributed by atoms with Gasteiger partial charge in [0.1, 0.15) is 6.42 Å². The number of esters is 1. The molecule has 1 rings (SSSR count). The molecule has 15 heavy (non-hydrogen) atoms. The number of ketones is 1. The molecule has 3 nitrogen and oxygen atoms in total. The summed E-state index contributed by atoms with van der Waals surface area (Å²) in [4.78, 5) is 22.6. The molecule has 0 aliphatic heterocycles. The molecule has 0 saturated carbocycles. The monoisotopic (exact) mass is 292 g/mol. The van der Waals surface area contributed by atoms with Crippen LogP contribution in [-0.2, 0) is 9.53 Å². The molecule has 1 heterocycles. The normalized spacial score (nSPS) is 8.80. The molecule has 0 atom stereocenters. The molecular formula is C10H13BrO3S. The van der Waals surface area contributed by atoms with Crippen molar-refractivity contribution >= 4 is 39.0 Å². The topological polar surface area (TPSA) is 43.4 Å². The summed E-state index contributed by atoms with van der Waals surface area (Å²) in [5, 5.41) is 0. The molecule has 0 saturated heterocycles. The van der Waals surface area contributed by atoms with Crippen LogP contribution in [0.2, 0.25) is 0 Å². The van der Waals surface area contributed by atoms with Gasteiger partial charge in [0.05, 0.1) is 15.8 Å². The fourth-order valence-electron chi connectivity index (χ4n) is 0.755. The summed E-state index contributed by atoms with van der Waals surface area (Å²) in [5.41, 5.74) is 0. The van der Waals surface area contributed by atoms with Gasteiger partial charge < -0.3 is 4.74 Å². The number of hydrogen-bond acceptors (Lipinski definition) is 4. The minimum absolute atomic E-state index is 0.191. The average molecular weight is 293 g/mol. The van der Waals surface area contributed by atoms with E-state index in [2.05, 4.69) is 20.7 Å². The van der Waals surface area contributed by atoms with Gasteiger partial charge in [-0.15, -0.1) is 11.3 Å². The number of methoxy groups -OCH3 is 1. The summed E-state index contributed by atoms with van der Waals surface area (Å²) >= 11 is 4.54. The van der Waals surface area contributed by atoms with Crippen molar-refractivity contribution in [1.82, 2.24) is 0 Å². The fraction of sp³-hybridized carbons (Fsp3) is 0.400. The van der Waals surface area contributed by atoms with Gasteiger partial charge in [-0.3, -0.25) is 9.59 Å². The van der Waals surface area contributed by atoms with Crippen molar-refractivity contribution in [2.45, 2.75) is 20.3 Å². The summed E-state index contributed by atoms with van der Waals surface area (Å²) in [7, 11) is 1.26. The number of carbonyl (C=O) groups is 2. The van der Waals surface area contributed by atoms with E-state index >= 15 is 0 Å². The number of hydrogen-bond donors (Lipinski definition) is 0. The Labute approximate surface area is 102 Å². The highest BCUT2D eigenvalue weighted by atomic mass is 79.9. The Morgan fingerprint density at radius 3 is 2.40 bits per heavy atom. The minimum Gasteiger partial charge on any atom is -0.469 e. The molecule has 1 aromatic rings. The molecule has 0 radical (unpaired) electrons. The van der Waals surface area contributed by atoms with Crippen molar-refractivity contribution in [3.05, 3.63) is 20.8 Å². The standard InChI is InChI=1S/C8H7BrO3S.C2H6/c1-12-8(11)4-5(10)6-2-3-7(9)13-6;1-2/h2-3H,4H2,1H3;1-2H3. The van der Waals surface area contributed by atoms with Gasteiger partial charge in [0.2, 0.25) is 0 Å². The van der Waals surface area contributed by atoms with Gasteiger partial charge in [-0.25, -0.2) is 0 Å². The Hall–Kier alpha value is -0.680. The van der Waals surface area contributed by atoms with E-state index in [9.17, 15) is 9.59 Å². The molecule has 0 aromatic carbocycles. The number of Topliss-reactive ketones (excluding diaryl/α,β-unsaturated/α-hetero) is 1. The van der Waals surface area contributed by atoms with Gasteiger partial charge in [-0.2, -0.15) is 0 Å². The summed E-state index contributed by atoms with van der Waals surface area (Å²) in [6.07, 6.45) is -0.191. The molecule has 0 N–H and O–H groups in total. The van der Waals surface area contributed by atoms with E-state index in [0.29, 0.717) is 4.88 Å². The lowest BCUT2D eigenvalue weighted by molar-refractivity contribution is -0.139. The lowest BCUT2D eigenvalue weighted by Gasteiger charge is -1.95. The second-order valence-electron chi connectivity index (χ2n) is 2.28. The van der Waals surface area contributed by atoms with Crippen LogP contribution in [0.4, 0.5) is 0 Å². The highest BCUT2D eigenvalue weighted by Gasteiger charge is 2.13. The second kappa shape index (κ2) is 7.59. The average Bonchev–Trinajstić information content (AvgIpc) is 2.67. The van der Waals surface area contributed by atoms with Crippen molar-refractivity contribution in [3.8, 4) is 0 Å². The van der Waals surface area contributed by atoms with Crippen molar-refractivity contribution in [3.63, 3.8) is 0 Å². The predicted molar refractivity (Wildman–Crippen MR) is 64.3 cm³/mol. The van der Waals surface area contributed by atoms with Crippen LogP contribution in [0.3, 0.4) is 0 Å². The van der Waals surface area contributed by atoms with Gasteiger partial charge in [-0.05, 0) is 28.1 Å². The number of carbonyl (C=O) groups excluding carboxylic acids is 2. The Morgan fingerprint density at radius 1 is 1.40 bits per heavy atom. The number of rotatable bonds is 3. The van der Waals surface area contributed by atoms with Crippen LogP contribution in [-0.4, -0.2) is 18.9 Å². The van der Waals surface area contributed by atoms with Crippen LogP contribution in [0.25, 0.3) is 0 Å². The minimum atomic E-state index is -0.505. The van der Waals surface area contributed by atoms with Crippen LogP contribution < -0.4 is 0 Å². The van der Waals surface area contributed by atoms with Crippen LogP contribution in [0.5, 0.6) is 0 Å². The van der Waals surface area contributed by atoms with Gasteiger partial charge in [0.25, 0.3) is 0 Å². The molecule has 0 fully saturated rings. The van der Waals surface area contributed by atoms with Crippen LogP contribution in [0.15, 0.2) is 15.9 Å². The molecule has 5 heteroatoms. The third-order valence-electron chi connectivity index (χ3n) is 1.38. The number of thiophene rings is 1. The first kappa shape index (κ1) is 14.3. The van der Waals surface area contributed by atoms with E-state index in [1.165, 1.54) is 18.4 Å². The Bertz CT molecular complexity index is 333. The van der Waals surface area contributed by atoms with Gasteiger partial charge >= 0.3 is 5.97 Å². The smallest absolute Gasteiger partial charge is 0.313 e. The van der Waals surface area contributed by atoms with Gasteiger partial charge in [0, 0.05) is 0 Å². The Kier molecular flexibility index (Phi) is 7.25. The molecule has 0 aliphatic rings. The lowest BCUT2D eigenvalue weighted by atomic mass is 10.2. The van der Waals surface area contributed by atoms with Crippen molar-refractivity contribution in [2.75, 3.05) is 7.11 Å². The Balaban J connectivity index is 0.000000921. The summed E-state index contributed by atoms with van der Waals surface area (Å²) in [5.74, 6) is -0.711. The van der Waals surface area contributed by atoms with Crippen molar-refractivity contribution < 1.29 is 14.3 Å². The van der Waals surface area contributed by atoms with E-state index in [1.807, 2.05) is 13.8 Å². The van der Waals surface area contributed by atoms with Crippen molar-refractivity contribution in [1.29, 1.82) is 0 Å². The lowest BCUT2D eigenvalue weighted by Crippen LogP contribution is -2.07.